The molecule has 35 heavy (non-hydrogen) atoms. The largest absolute Gasteiger partial charge is 0.469 e. The Morgan fingerprint density at radius 2 is 1.83 bits per heavy atom. The Labute approximate surface area is 209 Å². The number of carbonyl (C=O) groups excluding carboxylic acids is 2. The summed E-state index contributed by atoms with van der Waals surface area (Å²) in [5, 5.41) is 8.20. The van der Waals surface area contributed by atoms with Gasteiger partial charge in [-0.2, -0.15) is 5.10 Å². The first-order chi connectivity index (χ1) is 16.9. The van der Waals surface area contributed by atoms with Gasteiger partial charge in [0.25, 0.3) is 5.91 Å². The van der Waals surface area contributed by atoms with E-state index in [4.69, 9.17) is 21.1 Å². The van der Waals surface area contributed by atoms with E-state index in [0.29, 0.717) is 42.3 Å². The lowest BCUT2D eigenvalue weighted by Gasteiger charge is -2.30. The quantitative estimate of drug-likeness (QED) is 0.490. The number of aromatic nitrogens is 2. The van der Waals surface area contributed by atoms with E-state index in [2.05, 4.69) is 15.3 Å². The van der Waals surface area contributed by atoms with Gasteiger partial charge in [0.15, 0.2) is 0 Å². The molecule has 1 amide bonds. The maximum atomic E-state index is 13.0. The minimum atomic E-state index is -0.247. The standard InChI is InChI=1S/C26H29ClN4O4/c1-17-22(9-11-25(32)34-3)18(2)31(29-17)21-7-4-19(5-8-21)26(33)28-23-16-20(27)6-10-24(23)30-12-14-35-15-13-30/h4-8,10,16H,9,11-15H2,1-3H3,(H,28,33). The molecule has 0 aliphatic carbocycles. The van der Waals surface area contributed by atoms with Crippen LogP contribution in [-0.4, -0.2) is 55.1 Å². The highest BCUT2D eigenvalue weighted by Crippen LogP contribution is 2.30. The number of methoxy groups -OCH3 is 1. The van der Waals surface area contributed by atoms with Gasteiger partial charge >= 0.3 is 5.97 Å². The van der Waals surface area contributed by atoms with Gasteiger partial charge in [-0.05, 0) is 68.3 Å². The monoisotopic (exact) mass is 496 g/mol. The summed E-state index contributed by atoms with van der Waals surface area (Å²) in [4.78, 5) is 26.8. The minimum absolute atomic E-state index is 0.222. The molecule has 3 aromatic rings. The Kier molecular flexibility index (Phi) is 7.73. The van der Waals surface area contributed by atoms with Crippen molar-refractivity contribution in [1.82, 2.24) is 9.78 Å². The lowest BCUT2D eigenvalue weighted by atomic mass is 10.1. The van der Waals surface area contributed by atoms with Crippen LogP contribution in [0.1, 0.15) is 33.7 Å². The summed E-state index contributed by atoms with van der Waals surface area (Å²) < 4.78 is 12.0. The van der Waals surface area contributed by atoms with Gasteiger partial charge in [0, 0.05) is 35.8 Å². The molecule has 0 unspecified atom stereocenters. The maximum absolute atomic E-state index is 13.0. The normalized spacial score (nSPS) is 13.5. The first kappa shape index (κ1) is 24.8. The van der Waals surface area contributed by atoms with E-state index in [1.807, 2.05) is 42.8 Å². The molecule has 0 bridgehead atoms. The fourth-order valence-electron chi connectivity index (χ4n) is 4.25. The van der Waals surface area contributed by atoms with E-state index in [1.165, 1.54) is 7.11 Å². The molecular formula is C26H29ClN4O4. The Balaban J connectivity index is 1.51. The summed E-state index contributed by atoms with van der Waals surface area (Å²) in [7, 11) is 1.39. The third kappa shape index (κ3) is 5.66. The number of amides is 1. The van der Waals surface area contributed by atoms with Crippen LogP contribution in [0.2, 0.25) is 5.02 Å². The fraction of sp³-hybridized carbons (Fsp3) is 0.346. The molecule has 1 aliphatic rings. The highest BCUT2D eigenvalue weighted by molar-refractivity contribution is 6.31. The summed E-state index contributed by atoms with van der Waals surface area (Å²) in [6.45, 7) is 6.70. The Morgan fingerprint density at radius 1 is 1.11 bits per heavy atom. The molecule has 0 spiro atoms. The molecular weight excluding hydrogens is 468 g/mol. The van der Waals surface area contributed by atoms with Crippen LogP contribution in [0.5, 0.6) is 0 Å². The Hall–Kier alpha value is -3.36. The van der Waals surface area contributed by atoms with Gasteiger partial charge in [-0.3, -0.25) is 9.59 Å². The van der Waals surface area contributed by atoms with Crippen molar-refractivity contribution in [2.45, 2.75) is 26.7 Å². The van der Waals surface area contributed by atoms with E-state index < -0.39 is 0 Å². The highest BCUT2D eigenvalue weighted by Gasteiger charge is 2.18. The molecule has 0 radical (unpaired) electrons. The Bertz CT molecular complexity index is 1220. The van der Waals surface area contributed by atoms with Crippen molar-refractivity contribution >= 4 is 34.9 Å². The zero-order valence-electron chi connectivity index (χ0n) is 20.1. The predicted octanol–water partition coefficient (Wildman–Crippen LogP) is 4.34. The van der Waals surface area contributed by atoms with Crippen LogP contribution in [-0.2, 0) is 20.7 Å². The van der Waals surface area contributed by atoms with Crippen LogP contribution in [0.25, 0.3) is 5.69 Å². The third-order valence-corrected chi connectivity index (χ3v) is 6.42. The van der Waals surface area contributed by atoms with Crippen LogP contribution in [0.15, 0.2) is 42.5 Å². The van der Waals surface area contributed by atoms with E-state index >= 15 is 0 Å². The zero-order chi connectivity index (χ0) is 24.9. The number of rotatable bonds is 7. The number of nitrogens with one attached hydrogen (secondary N) is 1. The van der Waals surface area contributed by atoms with Crippen molar-refractivity contribution < 1.29 is 19.1 Å². The number of anilines is 2. The zero-order valence-corrected chi connectivity index (χ0v) is 20.9. The summed E-state index contributed by atoms with van der Waals surface area (Å²) in [5.74, 6) is -0.469. The summed E-state index contributed by atoms with van der Waals surface area (Å²) in [5.41, 5.74) is 5.79. The number of morpholine rings is 1. The van der Waals surface area contributed by atoms with E-state index in [1.54, 1.807) is 18.2 Å². The average Bonchev–Trinajstić information content (AvgIpc) is 3.16. The van der Waals surface area contributed by atoms with Crippen molar-refractivity contribution in [3.63, 3.8) is 0 Å². The number of esters is 1. The van der Waals surface area contributed by atoms with Gasteiger partial charge in [0.1, 0.15) is 0 Å². The molecule has 9 heteroatoms. The average molecular weight is 497 g/mol. The van der Waals surface area contributed by atoms with Crippen LogP contribution in [0.3, 0.4) is 0 Å². The first-order valence-corrected chi connectivity index (χ1v) is 11.9. The van der Waals surface area contributed by atoms with Crippen LogP contribution >= 0.6 is 11.6 Å². The molecule has 1 fully saturated rings. The number of carbonyl (C=O) groups is 2. The summed E-state index contributed by atoms with van der Waals surface area (Å²) in [6, 6.07) is 12.8. The fourth-order valence-corrected chi connectivity index (χ4v) is 4.43. The minimum Gasteiger partial charge on any atom is -0.469 e. The Morgan fingerprint density at radius 3 is 2.51 bits per heavy atom. The van der Waals surface area contributed by atoms with Crippen molar-refractivity contribution in [3.8, 4) is 5.69 Å². The number of aryl methyl sites for hydroxylation is 1. The second-order valence-corrected chi connectivity index (χ2v) is 8.84. The number of nitrogens with zero attached hydrogens (tertiary/aromatic N) is 3. The number of ether oxygens (including phenoxy) is 2. The molecule has 1 saturated heterocycles. The van der Waals surface area contributed by atoms with Crippen molar-refractivity contribution in [2.75, 3.05) is 43.6 Å². The van der Waals surface area contributed by atoms with Gasteiger partial charge in [0.2, 0.25) is 0 Å². The van der Waals surface area contributed by atoms with Crippen LogP contribution < -0.4 is 10.2 Å². The van der Waals surface area contributed by atoms with E-state index in [9.17, 15) is 9.59 Å². The molecule has 0 atom stereocenters. The molecule has 1 aliphatic heterocycles. The van der Waals surface area contributed by atoms with E-state index in [-0.39, 0.29) is 11.9 Å². The summed E-state index contributed by atoms with van der Waals surface area (Å²) in [6.07, 6.45) is 0.870. The predicted molar refractivity (Wildman–Crippen MR) is 136 cm³/mol. The molecule has 4 rings (SSSR count). The molecule has 2 aromatic carbocycles. The number of hydrogen-bond acceptors (Lipinski definition) is 6. The molecule has 1 N–H and O–H groups in total. The van der Waals surface area contributed by atoms with Gasteiger partial charge < -0.3 is 19.7 Å². The van der Waals surface area contributed by atoms with Gasteiger partial charge in [-0.1, -0.05) is 11.6 Å². The topological polar surface area (TPSA) is 85.7 Å². The number of benzene rings is 2. The molecule has 0 saturated carbocycles. The van der Waals surface area contributed by atoms with E-state index in [0.717, 1.165) is 41.4 Å². The molecule has 8 nitrogen and oxygen atoms in total. The lowest BCUT2D eigenvalue weighted by Crippen LogP contribution is -2.36. The highest BCUT2D eigenvalue weighted by atomic mass is 35.5. The maximum Gasteiger partial charge on any atom is 0.305 e. The third-order valence-electron chi connectivity index (χ3n) is 6.18. The number of halogens is 1. The van der Waals surface area contributed by atoms with Gasteiger partial charge in [-0.25, -0.2) is 4.68 Å². The van der Waals surface area contributed by atoms with Gasteiger partial charge in [-0.15, -0.1) is 0 Å². The summed E-state index contributed by atoms with van der Waals surface area (Å²) >= 11 is 6.22. The first-order valence-electron chi connectivity index (χ1n) is 11.5. The van der Waals surface area contributed by atoms with Crippen LogP contribution in [0, 0.1) is 13.8 Å². The van der Waals surface area contributed by atoms with Gasteiger partial charge in [0.05, 0.1) is 43.1 Å². The van der Waals surface area contributed by atoms with Crippen molar-refractivity contribution in [2.24, 2.45) is 0 Å². The molecule has 1 aromatic heterocycles. The second kappa shape index (κ2) is 10.9. The van der Waals surface area contributed by atoms with Crippen molar-refractivity contribution in [3.05, 3.63) is 70.0 Å². The van der Waals surface area contributed by atoms with Crippen LogP contribution in [0.4, 0.5) is 11.4 Å². The molecule has 184 valence electrons. The number of hydrogen-bond donors (Lipinski definition) is 1. The SMILES string of the molecule is COC(=O)CCc1c(C)nn(-c2ccc(C(=O)Nc3cc(Cl)ccc3N3CCOCC3)cc2)c1C. The molecule has 2 heterocycles. The van der Waals surface area contributed by atoms with Crippen molar-refractivity contribution in [1.29, 1.82) is 0 Å². The second-order valence-electron chi connectivity index (χ2n) is 8.40. The lowest BCUT2D eigenvalue weighted by molar-refractivity contribution is -0.140. The smallest absolute Gasteiger partial charge is 0.305 e.